The number of benzene rings is 1. The van der Waals surface area contributed by atoms with Gasteiger partial charge in [0.25, 0.3) is 0 Å². The average Bonchev–Trinajstić information content (AvgIpc) is 2.16. The largest absolute Gasteiger partial charge is 0.207 e. The fourth-order valence-corrected chi connectivity index (χ4v) is 2.48. The normalized spacial score (nSPS) is 11.1. The molecular formula is C13H17BrF2. The molecule has 0 saturated carbocycles. The van der Waals surface area contributed by atoms with E-state index < -0.39 is 11.6 Å². The lowest BCUT2D eigenvalue weighted by atomic mass is 9.89. The van der Waals surface area contributed by atoms with Crippen molar-refractivity contribution in [2.75, 3.05) is 0 Å². The van der Waals surface area contributed by atoms with Crippen molar-refractivity contribution in [2.45, 2.75) is 45.4 Å². The van der Waals surface area contributed by atoms with Crippen LogP contribution in [0.1, 0.15) is 51.0 Å². The Hall–Kier alpha value is -0.440. The monoisotopic (exact) mass is 290 g/mol. The zero-order valence-electron chi connectivity index (χ0n) is 9.69. The van der Waals surface area contributed by atoms with E-state index in [9.17, 15) is 8.78 Å². The van der Waals surface area contributed by atoms with Crippen LogP contribution in [0.3, 0.4) is 0 Å². The molecule has 1 rings (SSSR count). The van der Waals surface area contributed by atoms with Crippen molar-refractivity contribution >= 4 is 15.9 Å². The minimum Gasteiger partial charge on any atom is -0.207 e. The van der Waals surface area contributed by atoms with E-state index in [-0.39, 0.29) is 11.5 Å². The Morgan fingerprint density at radius 2 is 1.50 bits per heavy atom. The molecule has 0 aliphatic heterocycles. The van der Waals surface area contributed by atoms with Crippen LogP contribution in [-0.4, -0.2) is 0 Å². The van der Waals surface area contributed by atoms with Crippen LogP contribution < -0.4 is 0 Å². The van der Waals surface area contributed by atoms with Crippen molar-refractivity contribution in [3.05, 3.63) is 33.8 Å². The predicted octanol–water partition coefficient (Wildman–Crippen LogP) is 5.41. The third-order valence-corrected chi connectivity index (χ3v) is 3.18. The highest BCUT2D eigenvalue weighted by atomic mass is 79.9. The molecule has 1 aromatic rings. The Labute approximate surface area is 104 Å². The van der Waals surface area contributed by atoms with Gasteiger partial charge in [-0.25, -0.2) is 8.78 Å². The van der Waals surface area contributed by atoms with Gasteiger partial charge in [0, 0.05) is 10.0 Å². The zero-order chi connectivity index (χ0) is 12.1. The van der Waals surface area contributed by atoms with Crippen molar-refractivity contribution < 1.29 is 8.78 Å². The van der Waals surface area contributed by atoms with Gasteiger partial charge in [-0.2, -0.15) is 0 Å². The lowest BCUT2D eigenvalue weighted by Crippen LogP contribution is -2.05. The summed E-state index contributed by atoms with van der Waals surface area (Å²) in [6, 6.07) is 2.69. The highest BCUT2D eigenvalue weighted by Gasteiger charge is 2.19. The number of halogens is 3. The highest BCUT2D eigenvalue weighted by molar-refractivity contribution is 9.10. The number of hydrogen-bond acceptors (Lipinski definition) is 0. The maximum Gasteiger partial charge on any atom is 0.130 e. The molecule has 0 aromatic heterocycles. The van der Waals surface area contributed by atoms with Crippen molar-refractivity contribution in [3.8, 4) is 0 Å². The van der Waals surface area contributed by atoms with Gasteiger partial charge in [0.15, 0.2) is 0 Å². The summed E-state index contributed by atoms with van der Waals surface area (Å²) in [7, 11) is 0. The quantitative estimate of drug-likeness (QED) is 0.680. The molecule has 90 valence electrons. The van der Waals surface area contributed by atoms with E-state index in [4.69, 9.17) is 0 Å². The van der Waals surface area contributed by atoms with Crippen molar-refractivity contribution in [1.29, 1.82) is 0 Å². The molecule has 0 aliphatic rings. The molecule has 0 N–H and O–H groups in total. The molecule has 0 bridgehead atoms. The second-order valence-electron chi connectivity index (χ2n) is 4.06. The summed E-state index contributed by atoms with van der Waals surface area (Å²) in [4.78, 5) is 0. The topological polar surface area (TPSA) is 0 Å². The van der Waals surface area contributed by atoms with E-state index in [1.54, 1.807) is 0 Å². The molecule has 0 heterocycles. The highest BCUT2D eigenvalue weighted by Crippen LogP contribution is 2.32. The molecule has 0 amide bonds. The first-order valence-corrected chi connectivity index (χ1v) is 6.53. The lowest BCUT2D eigenvalue weighted by molar-refractivity contribution is 0.481. The Kier molecular flexibility index (Phi) is 5.39. The molecule has 0 fully saturated rings. The minimum atomic E-state index is -0.432. The van der Waals surface area contributed by atoms with E-state index in [0.29, 0.717) is 4.47 Å². The summed E-state index contributed by atoms with van der Waals surface area (Å²) in [6.07, 6.45) is 3.56. The van der Waals surface area contributed by atoms with E-state index in [0.717, 1.165) is 25.7 Å². The molecule has 0 unspecified atom stereocenters. The van der Waals surface area contributed by atoms with Crippen LogP contribution in [0.5, 0.6) is 0 Å². The van der Waals surface area contributed by atoms with Gasteiger partial charge >= 0.3 is 0 Å². The van der Waals surface area contributed by atoms with Gasteiger partial charge in [0.05, 0.1) is 0 Å². The third kappa shape index (κ3) is 3.27. The van der Waals surface area contributed by atoms with Gasteiger partial charge in [-0.3, -0.25) is 0 Å². The summed E-state index contributed by atoms with van der Waals surface area (Å²) < 4.78 is 27.9. The van der Waals surface area contributed by atoms with Gasteiger partial charge in [0.2, 0.25) is 0 Å². The Morgan fingerprint density at radius 3 is 1.88 bits per heavy atom. The average molecular weight is 291 g/mol. The summed E-state index contributed by atoms with van der Waals surface area (Å²) in [5.74, 6) is -0.861. The van der Waals surface area contributed by atoms with Crippen LogP contribution in [0.4, 0.5) is 8.78 Å². The van der Waals surface area contributed by atoms with Crippen molar-refractivity contribution in [2.24, 2.45) is 0 Å². The van der Waals surface area contributed by atoms with Gasteiger partial charge in [-0.05, 0) is 30.9 Å². The standard InChI is InChI=1S/C13H17BrF2/c1-3-5-9(6-4-2)13-11(15)7-10(14)8-12(13)16/h7-9H,3-6H2,1-2H3. The van der Waals surface area contributed by atoms with Crippen LogP contribution >= 0.6 is 15.9 Å². The number of rotatable bonds is 5. The maximum atomic E-state index is 13.7. The first-order valence-electron chi connectivity index (χ1n) is 5.74. The molecule has 1 aromatic carbocycles. The molecule has 16 heavy (non-hydrogen) atoms. The van der Waals surface area contributed by atoms with Gasteiger partial charge in [0.1, 0.15) is 11.6 Å². The van der Waals surface area contributed by atoms with E-state index in [2.05, 4.69) is 15.9 Å². The predicted molar refractivity (Wildman–Crippen MR) is 66.6 cm³/mol. The lowest BCUT2D eigenvalue weighted by Gasteiger charge is -2.17. The summed E-state index contributed by atoms with van der Waals surface area (Å²) in [5, 5.41) is 0. The van der Waals surface area contributed by atoms with Crippen LogP contribution in [0.15, 0.2) is 16.6 Å². The minimum absolute atomic E-state index is 0.00287. The molecule has 0 aliphatic carbocycles. The summed E-state index contributed by atoms with van der Waals surface area (Å²) in [5.41, 5.74) is 0.256. The fourth-order valence-electron chi connectivity index (χ4n) is 2.07. The Balaban J connectivity index is 3.07. The van der Waals surface area contributed by atoms with Gasteiger partial charge < -0.3 is 0 Å². The van der Waals surface area contributed by atoms with Crippen LogP contribution in [0.2, 0.25) is 0 Å². The first-order chi connectivity index (χ1) is 7.60. The summed E-state index contributed by atoms with van der Waals surface area (Å²) >= 11 is 3.09. The second kappa shape index (κ2) is 6.33. The molecule has 0 saturated heterocycles. The third-order valence-electron chi connectivity index (χ3n) is 2.73. The summed E-state index contributed by atoms with van der Waals surface area (Å²) in [6.45, 7) is 4.08. The SMILES string of the molecule is CCCC(CCC)c1c(F)cc(Br)cc1F. The fraction of sp³-hybridized carbons (Fsp3) is 0.538. The molecule has 0 radical (unpaired) electrons. The van der Waals surface area contributed by atoms with E-state index in [1.807, 2.05) is 13.8 Å². The van der Waals surface area contributed by atoms with Crippen LogP contribution in [0.25, 0.3) is 0 Å². The zero-order valence-corrected chi connectivity index (χ0v) is 11.3. The molecule has 0 nitrogen and oxygen atoms in total. The smallest absolute Gasteiger partial charge is 0.130 e. The van der Waals surface area contributed by atoms with Gasteiger partial charge in [-0.1, -0.05) is 42.6 Å². The first kappa shape index (κ1) is 13.6. The molecular weight excluding hydrogens is 274 g/mol. The second-order valence-corrected chi connectivity index (χ2v) is 4.97. The number of hydrogen-bond donors (Lipinski definition) is 0. The van der Waals surface area contributed by atoms with Crippen molar-refractivity contribution in [1.82, 2.24) is 0 Å². The Morgan fingerprint density at radius 1 is 1.06 bits per heavy atom. The maximum absolute atomic E-state index is 13.7. The molecule has 3 heteroatoms. The van der Waals surface area contributed by atoms with Crippen molar-refractivity contribution in [3.63, 3.8) is 0 Å². The van der Waals surface area contributed by atoms with Crippen LogP contribution in [0, 0.1) is 11.6 Å². The molecule has 0 atom stereocenters. The van der Waals surface area contributed by atoms with Crippen LogP contribution in [-0.2, 0) is 0 Å². The van der Waals surface area contributed by atoms with E-state index in [1.165, 1.54) is 12.1 Å². The molecule has 0 spiro atoms. The Bertz CT molecular complexity index is 321. The van der Waals surface area contributed by atoms with E-state index >= 15 is 0 Å². The van der Waals surface area contributed by atoms with Gasteiger partial charge in [-0.15, -0.1) is 0 Å².